The number of rotatable bonds is 6. The van der Waals surface area contributed by atoms with Crippen LogP contribution in [0.25, 0.3) is 32.7 Å². The lowest BCUT2D eigenvalue weighted by atomic mass is 10.1. The third-order valence-electron chi connectivity index (χ3n) is 15.6. The van der Waals surface area contributed by atoms with Gasteiger partial charge in [0.15, 0.2) is 34.7 Å². The Hall–Kier alpha value is -7.83. The molecule has 0 radical (unpaired) electrons. The number of carboxylic acid groups (broad SMARTS) is 3. The summed E-state index contributed by atoms with van der Waals surface area (Å²) in [7, 11) is 6.05. The number of ether oxygens (including phenoxy) is 3. The van der Waals surface area contributed by atoms with Gasteiger partial charge in [0.05, 0.1) is 50.8 Å². The van der Waals surface area contributed by atoms with Crippen LogP contribution < -0.4 is 45.2 Å². The standard InChI is InChI=1S/3C18H20FN3O4/c3*1-10-9-26-17-14-11(16(23)12(18(24)25)8-22(10)14)7-13(19)15(17)21-5-3-20(2)4-6-21/h3*7-8,10H,3-6,9H2,1-2H3,(H,24,25)/t3*10-/m000/s1. The average Bonchev–Trinajstić information content (AvgIpc) is 3.30. The molecule has 3 saturated heterocycles. The molecule has 0 spiro atoms. The molecule has 0 unspecified atom stereocenters. The molecule has 0 saturated carbocycles. The predicted molar refractivity (Wildman–Crippen MR) is 285 cm³/mol. The highest BCUT2D eigenvalue weighted by atomic mass is 19.1. The number of carboxylic acids is 3. The van der Waals surface area contributed by atoms with E-state index >= 15 is 0 Å². The quantitative estimate of drug-likeness (QED) is 0.207. The van der Waals surface area contributed by atoms with Crippen molar-refractivity contribution < 1.29 is 57.1 Å². The fourth-order valence-electron chi connectivity index (χ4n) is 11.1. The summed E-state index contributed by atoms with van der Waals surface area (Å²) in [5.74, 6) is -4.63. The van der Waals surface area contributed by atoms with Crippen LogP contribution >= 0.6 is 0 Å². The molecule has 21 nitrogen and oxygen atoms in total. The molecule has 3 aromatic heterocycles. The van der Waals surface area contributed by atoms with E-state index in [0.29, 0.717) is 90.1 Å². The van der Waals surface area contributed by atoms with E-state index in [1.807, 2.05) is 56.6 Å². The lowest BCUT2D eigenvalue weighted by molar-refractivity contribution is 0.0683. The van der Waals surface area contributed by atoms with Crippen LogP contribution in [0.5, 0.6) is 17.2 Å². The molecule has 24 heteroatoms. The molecule has 6 aliphatic rings. The second kappa shape index (κ2) is 20.8. The minimum atomic E-state index is -1.32. The van der Waals surface area contributed by atoms with Gasteiger partial charge in [0, 0.05) is 97.1 Å². The zero-order valence-electron chi connectivity index (χ0n) is 44.0. The maximum Gasteiger partial charge on any atom is 0.341 e. The first kappa shape index (κ1) is 53.6. The monoisotopic (exact) mass is 1080 g/mol. The zero-order chi connectivity index (χ0) is 55.8. The number of hydrogen-bond donors (Lipinski definition) is 3. The maximum atomic E-state index is 15.0. The number of benzene rings is 3. The highest BCUT2D eigenvalue weighted by molar-refractivity contribution is 6.00. The van der Waals surface area contributed by atoms with Gasteiger partial charge in [0.1, 0.15) is 53.6 Å². The van der Waals surface area contributed by atoms with Crippen molar-refractivity contribution in [2.24, 2.45) is 0 Å². The van der Waals surface area contributed by atoms with Gasteiger partial charge in [-0.15, -0.1) is 0 Å². The smallest absolute Gasteiger partial charge is 0.341 e. The summed E-state index contributed by atoms with van der Waals surface area (Å²) in [5, 5.41) is 28.1. The number of halogens is 3. The SMILES string of the molecule is C[C@H]1COc2c(N3CCN(C)CC3)c(F)cc3c(=O)c(C(=O)O)cn1c23.C[C@H]1COc2c(N3CCN(C)CC3)c(F)cc3c(=O)c(C(=O)O)cn1c23.C[C@H]1COc2c(N3CCN(C)CC3)c(F)cc3c(=O)c(C(=O)O)cn1c23. The highest BCUT2D eigenvalue weighted by Gasteiger charge is 2.35. The Bertz CT molecular complexity index is 3260. The summed E-state index contributed by atoms with van der Waals surface area (Å²) < 4.78 is 67.7. The fourth-order valence-corrected chi connectivity index (χ4v) is 11.1. The van der Waals surface area contributed by atoms with E-state index in [9.17, 15) is 57.3 Å². The molecule has 3 aromatic carbocycles. The molecule has 0 aliphatic carbocycles. The van der Waals surface area contributed by atoms with E-state index in [4.69, 9.17) is 14.2 Å². The zero-order valence-corrected chi connectivity index (χ0v) is 44.0. The number of hydrogen-bond acceptors (Lipinski definition) is 15. The Morgan fingerprint density at radius 2 is 0.667 bits per heavy atom. The first-order valence-corrected chi connectivity index (χ1v) is 25.8. The van der Waals surface area contributed by atoms with Crippen molar-refractivity contribution in [1.82, 2.24) is 28.4 Å². The van der Waals surface area contributed by atoms with Gasteiger partial charge in [-0.05, 0) is 60.1 Å². The number of piperazine rings is 3. The highest BCUT2D eigenvalue weighted by Crippen LogP contribution is 2.45. The average molecular weight is 1080 g/mol. The van der Waals surface area contributed by atoms with Crippen LogP contribution in [0.15, 0.2) is 51.2 Å². The van der Waals surface area contributed by atoms with Gasteiger partial charge in [-0.1, -0.05) is 0 Å². The van der Waals surface area contributed by atoms with Crippen LogP contribution in [0.3, 0.4) is 0 Å². The number of pyridine rings is 3. The predicted octanol–water partition coefficient (Wildman–Crippen LogP) is 4.63. The van der Waals surface area contributed by atoms with Crippen LogP contribution in [0, 0.1) is 17.5 Å². The minimum Gasteiger partial charge on any atom is -0.487 e. The van der Waals surface area contributed by atoms with Crippen molar-refractivity contribution in [2.45, 2.75) is 38.9 Å². The number of likely N-dealkylation sites (N-methyl/N-ethyl adjacent to an activating group) is 3. The molecule has 0 amide bonds. The molecule has 12 rings (SSSR count). The van der Waals surface area contributed by atoms with Gasteiger partial charge in [-0.3, -0.25) is 14.4 Å². The van der Waals surface area contributed by atoms with E-state index < -0.39 is 51.6 Å². The minimum absolute atomic E-state index is 0.0434. The number of carbonyl (C=O) groups is 3. The Labute approximate surface area is 443 Å². The second-order valence-electron chi connectivity index (χ2n) is 20.9. The molecule has 0 bridgehead atoms. The van der Waals surface area contributed by atoms with E-state index in [1.54, 1.807) is 13.7 Å². The van der Waals surface area contributed by atoms with Crippen LogP contribution in [-0.2, 0) is 0 Å². The summed E-state index contributed by atoms with van der Waals surface area (Å²) in [4.78, 5) is 84.3. The van der Waals surface area contributed by atoms with E-state index in [1.165, 1.54) is 18.6 Å². The van der Waals surface area contributed by atoms with E-state index in [2.05, 4.69) is 14.7 Å². The summed E-state index contributed by atoms with van der Waals surface area (Å²) in [6, 6.07) is 2.98. The largest absolute Gasteiger partial charge is 0.487 e. The molecule has 9 heterocycles. The van der Waals surface area contributed by atoms with E-state index in [0.717, 1.165) is 57.5 Å². The molecule has 6 aromatic rings. The van der Waals surface area contributed by atoms with Crippen LogP contribution in [0.4, 0.5) is 30.2 Å². The molecule has 3 atom stereocenters. The molecule has 6 aliphatic heterocycles. The molecular formula is C54H60F3N9O12. The number of aromatic nitrogens is 3. The van der Waals surface area contributed by atoms with Crippen molar-refractivity contribution in [1.29, 1.82) is 0 Å². The Morgan fingerprint density at radius 3 is 0.885 bits per heavy atom. The topological polar surface area (TPSA) is 225 Å². The second-order valence-corrected chi connectivity index (χ2v) is 20.9. The molecule has 414 valence electrons. The van der Waals surface area contributed by atoms with Gasteiger partial charge in [0.25, 0.3) is 0 Å². The summed E-state index contributed by atoms with van der Waals surface area (Å²) >= 11 is 0. The first-order chi connectivity index (χ1) is 37.1. The van der Waals surface area contributed by atoms with Crippen molar-refractivity contribution in [3.63, 3.8) is 0 Å². The molecule has 3 N–H and O–H groups in total. The third-order valence-corrected chi connectivity index (χ3v) is 15.6. The summed E-state index contributed by atoms with van der Waals surface area (Å²) in [6.07, 6.45) is 4.03. The lowest BCUT2D eigenvalue weighted by Gasteiger charge is -2.37. The molecule has 78 heavy (non-hydrogen) atoms. The Morgan fingerprint density at radius 1 is 0.436 bits per heavy atom. The van der Waals surface area contributed by atoms with Crippen molar-refractivity contribution in [2.75, 3.05) is 134 Å². The van der Waals surface area contributed by atoms with Gasteiger partial charge in [0.2, 0.25) is 16.3 Å². The van der Waals surface area contributed by atoms with Gasteiger partial charge in [-0.25, -0.2) is 27.6 Å². The summed E-state index contributed by atoms with van der Waals surface area (Å²) in [5.41, 5.74) is -0.671. The lowest BCUT2D eigenvalue weighted by Crippen LogP contribution is -2.45. The van der Waals surface area contributed by atoms with Crippen molar-refractivity contribution >= 4 is 67.7 Å². The van der Waals surface area contributed by atoms with E-state index in [-0.39, 0.29) is 70.8 Å². The maximum absolute atomic E-state index is 15.0. The Balaban J connectivity index is 0.000000132. The van der Waals surface area contributed by atoms with Crippen molar-refractivity contribution in [3.8, 4) is 17.2 Å². The van der Waals surface area contributed by atoms with Gasteiger partial charge < -0.3 is 72.6 Å². The summed E-state index contributed by atoms with van der Waals surface area (Å²) in [6.45, 7) is 15.2. The van der Waals surface area contributed by atoms with Gasteiger partial charge in [-0.2, -0.15) is 0 Å². The van der Waals surface area contributed by atoms with Crippen molar-refractivity contribution in [3.05, 3.63) is 102 Å². The number of nitrogens with zero attached hydrogens (tertiary/aromatic N) is 9. The van der Waals surface area contributed by atoms with Gasteiger partial charge >= 0.3 is 17.9 Å². The third kappa shape index (κ3) is 9.37. The number of anilines is 3. The molecular weight excluding hydrogens is 1020 g/mol. The normalized spacial score (nSPS) is 20.3. The molecule has 3 fully saturated rings. The Kier molecular flexibility index (Phi) is 14.3. The van der Waals surface area contributed by atoms with Crippen LogP contribution in [0.2, 0.25) is 0 Å². The first-order valence-electron chi connectivity index (χ1n) is 25.8. The van der Waals surface area contributed by atoms with Crippen LogP contribution in [0.1, 0.15) is 70.0 Å². The fraction of sp³-hybridized carbons (Fsp3) is 0.444. The van der Waals surface area contributed by atoms with Crippen LogP contribution in [-0.4, -0.2) is 181 Å². The number of aromatic carboxylic acids is 3.